The van der Waals surface area contributed by atoms with E-state index >= 15 is 0 Å². The van der Waals surface area contributed by atoms with E-state index in [-0.39, 0.29) is 23.0 Å². The number of nitrogens with zero attached hydrogens (tertiary/aromatic N) is 2. The minimum atomic E-state index is -0.619. The molecule has 0 N–H and O–H groups in total. The Morgan fingerprint density at radius 1 is 0.600 bits per heavy atom. The van der Waals surface area contributed by atoms with Crippen molar-refractivity contribution < 1.29 is 9.53 Å². The summed E-state index contributed by atoms with van der Waals surface area (Å²) in [6.07, 6.45) is 1.56. The zero-order valence-corrected chi connectivity index (χ0v) is 31.0. The second kappa shape index (κ2) is 16.3. The molecule has 0 aromatic heterocycles. The van der Waals surface area contributed by atoms with Gasteiger partial charge in [0.2, 0.25) is 0 Å². The number of esters is 1. The van der Waals surface area contributed by atoms with Crippen LogP contribution in [0.4, 0.5) is 17.1 Å². The molecule has 5 rings (SSSR count). The molecule has 5 aromatic carbocycles. The fraction of sp³-hybridized carbons (Fsp3) is 0.261. The van der Waals surface area contributed by atoms with E-state index in [0.29, 0.717) is 0 Å². The Balaban J connectivity index is 0.00000276. The maximum atomic E-state index is 12.2. The van der Waals surface area contributed by atoms with E-state index in [1.807, 2.05) is 44.2 Å². The van der Waals surface area contributed by atoms with Gasteiger partial charge in [0.15, 0.2) is 0 Å². The number of hydrogen-bond acceptors (Lipinski definition) is 4. The molecule has 0 radical (unpaired) electrons. The number of hydrogen-bond donors (Lipinski definition) is 0. The van der Waals surface area contributed by atoms with Crippen molar-refractivity contribution >= 4 is 29.1 Å². The monoisotopic (exact) mass is 662 g/mol. The van der Waals surface area contributed by atoms with Crippen LogP contribution in [-0.2, 0) is 20.4 Å². The van der Waals surface area contributed by atoms with Gasteiger partial charge in [0.25, 0.3) is 0 Å². The van der Waals surface area contributed by atoms with Gasteiger partial charge in [0, 0.05) is 17.1 Å². The molecule has 5 aromatic rings. The van der Waals surface area contributed by atoms with Crippen LogP contribution in [0.15, 0.2) is 127 Å². The Kier molecular flexibility index (Phi) is 12.2. The van der Waals surface area contributed by atoms with Crippen LogP contribution >= 0.6 is 0 Å². The molecule has 0 saturated carbocycles. The summed E-state index contributed by atoms with van der Waals surface area (Å²) in [5.74, 6) is -0.619. The number of rotatable bonds is 8. The summed E-state index contributed by atoms with van der Waals surface area (Å²) in [6.45, 7) is 19.3. The summed E-state index contributed by atoms with van der Waals surface area (Å²) in [5, 5.41) is 9.50. The third-order valence-electron chi connectivity index (χ3n) is 8.50. The fourth-order valence-corrected chi connectivity index (χ4v) is 5.61. The third-order valence-corrected chi connectivity index (χ3v) is 8.50. The highest BCUT2D eigenvalue weighted by Crippen LogP contribution is 2.37. The molecule has 0 heterocycles. The maximum absolute atomic E-state index is 12.2. The first-order valence-electron chi connectivity index (χ1n) is 17.5. The summed E-state index contributed by atoms with van der Waals surface area (Å²) in [5.41, 5.74) is 11.2. The molecule has 0 bridgehead atoms. The van der Waals surface area contributed by atoms with E-state index in [0.717, 1.165) is 33.8 Å². The van der Waals surface area contributed by atoms with Crippen molar-refractivity contribution in [2.45, 2.75) is 73.1 Å². The minimum Gasteiger partial charge on any atom is -0.462 e. The lowest BCUT2D eigenvalue weighted by Crippen LogP contribution is -2.10. The molecule has 0 atom stereocenters. The number of nitriles is 1. The van der Waals surface area contributed by atoms with Crippen LogP contribution in [0.5, 0.6) is 0 Å². The van der Waals surface area contributed by atoms with E-state index in [2.05, 4.69) is 144 Å². The van der Waals surface area contributed by atoms with Crippen molar-refractivity contribution in [1.29, 1.82) is 5.26 Å². The molecule has 0 fully saturated rings. The molecule has 0 saturated heterocycles. The Morgan fingerprint density at radius 2 is 0.920 bits per heavy atom. The fourth-order valence-electron chi connectivity index (χ4n) is 5.61. The van der Waals surface area contributed by atoms with Crippen LogP contribution < -0.4 is 4.90 Å². The molecule has 0 spiro atoms. The van der Waals surface area contributed by atoms with Crippen molar-refractivity contribution in [1.82, 2.24) is 0 Å². The predicted molar refractivity (Wildman–Crippen MR) is 211 cm³/mol. The molecule has 0 amide bonds. The predicted octanol–water partition coefficient (Wildman–Crippen LogP) is 12.6. The molecule has 4 nitrogen and oxygen atoms in total. The van der Waals surface area contributed by atoms with Crippen LogP contribution in [0.3, 0.4) is 0 Å². The number of carbonyl (C=O) groups excluding carboxylic acids is 1. The highest BCUT2D eigenvalue weighted by Gasteiger charge is 2.17. The molecule has 0 aliphatic carbocycles. The number of benzene rings is 5. The lowest BCUT2D eigenvalue weighted by atomic mass is 9.86. The van der Waals surface area contributed by atoms with Crippen LogP contribution in [0.2, 0.25) is 0 Å². The highest BCUT2D eigenvalue weighted by molar-refractivity contribution is 5.98. The second-order valence-electron chi connectivity index (χ2n) is 14.1. The van der Waals surface area contributed by atoms with Gasteiger partial charge < -0.3 is 9.64 Å². The van der Waals surface area contributed by atoms with E-state index in [1.165, 1.54) is 22.3 Å². The summed E-state index contributed by atoms with van der Waals surface area (Å²) in [6, 6.07) is 44.6. The Labute approximate surface area is 299 Å². The molecular formula is C46H50N2O2. The molecule has 50 heavy (non-hydrogen) atoms. The standard InChI is InChI=1S/C44H44N2O2.C2H6/c1-8-48-42(47)36(30-45)29-31-9-23-39(24-10-31)46(40-25-15-34(16-26-40)32-11-19-37(20-12-32)43(2,3)4)41-27-17-35(18-28-41)33-13-21-38(22-14-33)44(5,6)7;1-2/h9-29H,8H2,1-7H3;1-2H3/b36-29-;. The summed E-state index contributed by atoms with van der Waals surface area (Å²) >= 11 is 0. The molecular weight excluding hydrogens is 613 g/mol. The molecule has 256 valence electrons. The van der Waals surface area contributed by atoms with Crippen molar-refractivity contribution in [2.75, 3.05) is 11.5 Å². The van der Waals surface area contributed by atoms with Crippen LogP contribution in [0.25, 0.3) is 28.3 Å². The molecule has 0 aliphatic rings. The largest absolute Gasteiger partial charge is 0.462 e. The number of anilines is 3. The van der Waals surface area contributed by atoms with Crippen LogP contribution in [0.1, 0.15) is 79.0 Å². The van der Waals surface area contributed by atoms with E-state index in [9.17, 15) is 10.1 Å². The zero-order chi connectivity index (χ0) is 36.5. The average molecular weight is 663 g/mol. The Morgan fingerprint density at radius 3 is 1.22 bits per heavy atom. The first-order chi connectivity index (χ1) is 23.9. The van der Waals surface area contributed by atoms with Gasteiger partial charge in [-0.3, -0.25) is 0 Å². The van der Waals surface area contributed by atoms with Gasteiger partial charge in [-0.05, 0) is 99.2 Å². The third kappa shape index (κ3) is 9.18. The van der Waals surface area contributed by atoms with Gasteiger partial charge in [-0.15, -0.1) is 0 Å². The summed E-state index contributed by atoms with van der Waals surface area (Å²) in [4.78, 5) is 14.4. The van der Waals surface area contributed by atoms with E-state index in [4.69, 9.17) is 4.74 Å². The van der Waals surface area contributed by atoms with Crippen molar-refractivity contribution in [2.24, 2.45) is 0 Å². The van der Waals surface area contributed by atoms with Gasteiger partial charge in [-0.2, -0.15) is 5.26 Å². The molecule has 4 heteroatoms. The smallest absolute Gasteiger partial charge is 0.348 e. The van der Waals surface area contributed by atoms with Gasteiger partial charge in [-0.1, -0.05) is 140 Å². The Bertz CT molecular complexity index is 1810. The van der Waals surface area contributed by atoms with Crippen molar-refractivity contribution in [3.05, 3.63) is 144 Å². The van der Waals surface area contributed by atoms with E-state index in [1.54, 1.807) is 13.0 Å². The minimum absolute atomic E-state index is 0.0290. The van der Waals surface area contributed by atoms with Crippen molar-refractivity contribution in [3.8, 4) is 28.3 Å². The zero-order valence-electron chi connectivity index (χ0n) is 31.0. The van der Waals surface area contributed by atoms with Crippen molar-refractivity contribution in [3.63, 3.8) is 0 Å². The van der Waals surface area contributed by atoms with Gasteiger partial charge in [-0.25, -0.2) is 4.79 Å². The number of carbonyl (C=O) groups is 1. The molecule has 0 unspecified atom stereocenters. The average Bonchev–Trinajstić information content (AvgIpc) is 3.12. The van der Waals surface area contributed by atoms with Crippen LogP contribution in [0, 0.1) is 11.3 Å². The quantitative estimate of drug-likeness (QED) is 0.0942. The lowest BCUT2D eigenvalue weighted by Gasteiger charge is -2.26. The maximum Gasteiger partial charge on any atom is 0.348 e. The van der Waals surface area contributed by atoms with Gasteiger partial charge in [0.1, 0.15) is 11.6 Å². The Hall–Kier alpha value is -5.40. The van der Waals surface area contributed by atoms with E-state index < -0.39 is 5.97 Å². The topological polar surface area (TPSA) is 53.3 Å². The SMILES string of the molecule is CC.CCOC(=O)/C(C#N)=C\c1ccc(N(c2ccc(-c3ccc(C(C)(C)C)cc3)cc2)c2ccc(-c3ccc(C(C)(C)C)cc3)cc2)cc1. The van der Waals surface area contributed by atoms with Gasteiger partial charge in [0.05, 0.1) is 6.61 Å². The lowest BCUT2D eigenvalue weighted by molar-refractivity contribution is -0.137. The summed E-state index contributed by atoms with van der Waals surface area (Å²) in [7, 11) is 0. The number of ether oxygens (including phenoxy) is 1. The molecule has 0 aliphatic heterocycles. The first-order valence-corrected chi connectivity index (χ1v) is 17.5. The highest BCUT2D eigenvalue weighted by atomic mass is 16.5. The van der Waals surface area contributed by atoms with Crippen LogP contribution in [-0.4, -0.2) is 12.6 Å². The first kappa shape index (κ1) is 37.4. The summed E-state index contributed by atoms with van der Waals surface area (Å²) < 4.78 is 5.03. The second-order valence-corrected chi connectivity index (χ2v) is 14.1. The normalized spacial score (nSPS) is 11.6. The van der Waals surface area contributed by atoms with Gasteiger partial charge >= 0.3 is 5.97 Å².